The molecular formula is C20H20N2OS. The van der Waals surface area contributed by atoms with Gasteiger partial charge in [0.1, 0.15) is 0 Å². The molecule has 0 aromatic heterocycles. The number of aliphatic hydroxyl groups is 1. The summed E-state index contributed by atoms with van der Waals surface area (Å²) >= 11 is 1.70. The lowest BCUT2D eigenvalue weighted by Gasteiger charge is -2.42. The molecule has 3 aliphatic rings. The van der Waals surface area contributed by atoms with Gasteiger partial charge >= 0.3 is 0 Å². The van der Waals surface area contributed by atoms with E-state index in [9.17, 15) is 5.11 Å². The van der Waals surface area contributed by atoms with Crippen molar-refractivity contribution in [3.63, 3.8) is 0 Å². The van der Waals surface area contributed by atoms with Crippen LogP contribution in [0.25, 0.3) is 0 Å². The summed E-state index contributed by atoms with van der Waals surface area (Å²) in [6, 6.07) is 19.1. The summed E-state index contributed by atoms with van der Waals surface area (Å²) in [4.78, 5) is 7.24. The fourth-order valence-electron chi connectivity index (χ4n) is 4.45. The molecule has 4 unspecified atom stereocenters. The van der Waals surface area contributed by atoms with E-state index in [1.807, 2.05) is 30.3 Å². The van der Waals surface area contributed by atoms with Gasteiger partial charge in [0.25, 0.3) is 0 Å². The third-order valence-corrected chi connectivity index (χ3v) is 6.85. The van der Waals surface area contributed by atoms with Crippen molar-refractivity contribution in [1.82, 2.24) is 4.90 Å². The van der Waals surface area contributed by atoms with Gasteiger partial charge in [-0.1, -0.05) is 66.4 Å². The van der Waals surface area contributed by atoms with Crippen LogP contribution in [0.4, 0.5) is 0 Å². The van der Waals surface area contributed by atoms with E-state index >= 15 is 0 Å². The second kappa shape index (κ2) is 5.11. The Morgan fingerprint density at radius 3 is 2.71 bits per heavy atom. The van der Waals surface area contributed by atoms with Crippen LogP contribution >= 0.6 is 11.8 Å². The highest BCUT2D eigenvalue weighted by Gasteiger charge is 2.57. The Morgan fingerprint density at radius 2 is 1.88 bits per heavy atom. The molecule has 1 saturated heterocycles. The highest BCUT2D eigenvalue weighted by atomic mass is 32.2. The van der Waals surface area contributed by atoms with Crippen LogP contribution in [0.1, 0.15) is 36.1 Å². The lowest BCUT2D eigenvalue weighted by Crippen LogP contribution is -2.52. The quantitative estimate of drug-likeness (QED) is 0.863. The molecule has 2 heterocycles. The van der Waals surface area contributed by atoms with Crippen LogP contribution in [0, 0.1) is 0 Å². The molecule has 1 aliphatic carbocycles. The summed E-state index contributed by atoms with van der Waals surface area (Å²) in [6.07, 6.45) is 2.09. The zero-order chi connectivity index (χ0) is 16.3. The number of aryl methyl sites for hydroxylation is 1. The van der Waals surface area contributed by atoms with Crippen molar-refractivity contribution in [2.24, 2.45) is 4.99 Å². The minimum Gasteiger partial charge on any atom is -0.366 e. The molecule has 0 saturated carbocycles. The van der Waals surface area contributed by atoms with Gasteiger partial charge in [-0.05, 0) is 30.9 Å². The number of hydrogen-bond acceptors (Lipinski definition) is 4. The minimum atomic E-state index is -0.976. The number of amidine groups is 1. The lowest BCUT2D eigenvalue weighted by atomic mass is 9.83. The topological polar surface area (TPSA) is 35.8 Å². The van der Waals surface area contributed by atoms with E-state index in [2.05, 4.69) is 36.1 Å². The SMILES string of the molecule is CC1SC2=NC3c4ccccc4CCC3N2C1(O)c1ccccc1. The van der Waals surface area contributed by atoms with Crippen molar-refractivity contribution in [3.05, 3.63) is 71.3 Å². The van der Waals surface area contributed by atoms with Crippen LogP contribution in [0.2, 0.25) is 0 Å². The van der Waals surface area contributed by atoms with E-state index in [1.165, 1.54) is 11.1 Å². The average molecular weight is 336 g/mol. The molecule has 2 aliphatic heterocycles. The van der Waals surface area contributed by atoms with Crippen molar-refractivity contribution < 1.29 is 5.11 Å². The number of benzene rings is 2. The summed E-state index contributed by atoms with van der Waals surface area (Å²) in [5, 5.41) is 12.8. The molecule has 0 radical (unpaired) electrons. The van der Waals surface area contributed by atoms with Crippen LogP contribution in [-0.4, -0.2) is 26.5 Å². The summed E-state index contributed by atoms with van der Waals surface area (Å²) < 4.78 is 0. The molecule has 0 amide bonds. The van der Waals surface area contributed by atoms with E-state index < -0.39 is 5.72 Å². The van der Waals surface area contributed by atoms with Gasteiger partial charge in [0.05, 0.1) is 17.3 Å². The number of hydrogen-bond donors (Lipinski definition) is 1. The van der Waals surface area contributed by atoms with Gasteiger partial charge in [0.15, 0.2) is 10.9 Å². The largest absolute Gasteiger partial charge is 0.366 e. The highest BCUT2D eigenvalue weighted by Crippen LogP contribution is 2.54. The molecule has 0 bridgehead atoms. The number of thioether (sulfide) groups is 1. The van der Waals surface area contributed by atoms with Crippen LogP contribution in [-0.2, 0) is 12.1 Å². The Morgan fingerprint density at radius 1 is 1.12 bits per heavy atom. The zero-order valence-electron chi connectivity index (χ0n) is 13.6. The first-order valence-corrected chi connectivity index (χ1v) is 9.47. The first-order chi connectivity index (χ1) is 11.7. The maximum atomic E-state index is 11.7. The van der Waals surface area contributed by atoms with Crippen LogP contribution in [0.3, 0.4) is 0 Å². The summed E-state index contributed by atoms with van der Waals surface area (Å²) in [5.41, 5.74) is 2.73. The maximum Gasteiger partial charge on any atom is 0.178 e. The number of nitrogens with zero attached hydrogens (tertiary/aromatic N) is 2. The standard InChI is InChI=1S/C20H20N2OS/c1-13-20(23,15-8-3-2-4-9-15)22-17-12-11-14-7-5-6-10-16(14)18(17)21-19(22)24-13/h2-10,13,17-18,23H,11-12H2,1H3. The Kier molecular flexibility index (Phi) is 3.10. The van der Waals surface area contributed by atoms with Crippen LogP contribution in [0.15, 0.2) is 59.6 Å². The monoisotopic (exact) mass is 336 g/mol. The van der Waals surface area contributed by atoms with E-state index in [4.69, 9.17) is 4.99 Å². The molecule has 2 aromatic rings. The fraction of sp³-hybridized carbons (Fsp3) is 0.350. The van der Waals surface area contributed by atoms with Crippen LogP contribution in [0.5, 0.6) is 0 Å². The van der Waals surface area contributed by atoms with Crippen molar-refractivity contribution >= 4 is 16.9 Å². The molecule has 1 fully saturated rings. The van der Waals surface area contributed by atoms with Crippen molar-refractivity contribution in [2.75, 3.05) is 0 Å². The fourth-order valence-corrected chi connectivity index (χ4v) is 5.74. The normalized spacial score (nSPS) is 33.7. The second-order valence-corrected chi connectivity index (χ2v) is 8.19. The first kappa shape index (κ1) is 14.6. The van der Waals surface area contributed by atoms with Gasteiger partial charge in [-0.25, -0.2) is 0 Å². The molecule has 1 N–H and O–H groups in total. The van der Waals surface area contributed by atoms with Gasteiger partial charge in [0.2, 0.25) is 0 Å². The van der Waals surface area contributed by atoms with Crippen LogP contribution < -0.4 is 0 Å². The number of aliphatic imine (C=N–C) groups is 1. The summed E-state index contributed by atoms with van der Waals surface area (Å²) in [6.45, 7) is 2.10. The van der Waals surface area contributed by atoms with Crippen molar-refractivity contribution in [3.8, 4) is 0 Å². The summed E-state index contributed by atoms with van der Waals surface area (Å²) in [5.74, 6) is 0. The number of rotatable bonds is 1. The molecule has 24 heavy (non-hydrogen) atoms. The van der Waals surface area contributed by atoms with Gasteiger partial charge in [-0.3, -0.25) is 4.99 Å². The Balaban J connectivity index is 1.62. The van der Waals surface area contributed by atoms with Gasteiger partial charge in [-0.2, -0.15) is 0 Å². The van der Waals surface area contributed by atoms with Gasteiger partial charge in [0, 0.05) is 5.56 Å². The molecule has 5 rings (SSSR count). The summed E-state index contributed by atoms with van der Waals surface area (Å²) in [7, 11) is 0. The molecular weight excluding hydrogens is 316 g/mol. The third kappa shape index (κ3) is 1.81. The maximum absolute atomic E-state index is 11.7. The Hall–Kier alpha value is -1.78. The van der Waals surface area contributed by atoms with Crippen molar-refractivity contribution in [1.29, 1.82) is 0 Å². The van der Waals surface area contributed by atoms with Gasteiger partial charge < -0.3 is 10.0 Å². The number of fused-ring (bicyclic) bond motifs is 5. The van der Waals surface area contributed by atoms with Gasteiger partial charge in [-0.15, -0.1) is 0 Å². The molecule has 122 valence electrons. The lowest BCUT2D eigenvalue weighted by molar-refractivity contribution is -0.0859. The van der Waals surface area contributed by atoms with E-state index in [-0.39, 0.29) is 17.3 Å². The smallest absolute Gasteiger partial charge is 0.178 e. The molecule has 4 heteroatoms. The highest BCUT2D eigenvalue weighted by molar-refractivity contribution is 8.14. The molecule has 4 atom stereocenters. The predicted molar refractivity (Wildman–Crippen MR) is 98.0 cm³/mol. The minimum absolute atomic E-state index is 0.0665. The van der Waals surface area contributed by atoms with E-state index in [0.29, 0.717) is 0 Å². The second-order valence-electron chi connectivity index (χ2n) is 6.88. The Labute approximate surface area is 146 Å². The molecule has 2 aromatic carbocycles. The third-order valence-electron chi connectivity index (χ3n) is 5.65. The van der Waals surface area contributed by atoms with Crippen molar-refractivity contribution in [2.45, 2.75) is 42.8 Å². The van der Waals surface area contributed by atoms with E-state index in [0.717, 1.165) is 23.6 Å². The molecule has 3 nitrogen and oxygen atoms in total. The first-order valence-electron chi connectivity index (χ1n) is 8.59. The molecule has 0 spiro atoms. The predicted octanol–water partition coefficient (Wildman–Crippen LogP) is 3.69. The average Bonchev–Trinajstić information content (AvgIpc) is 3.11. The Bertz CT molecular complexity index is 821. The van der Waals surface area contributed by atoms with E-state index in [1.54, 1.807) is 11.8 Å². The zero-order valence-corrected chi connectivity index (χ0v) is 14.4.